The third-order valence-electron chi connectivity index (χ3n) is 2.23. The van der Waals surface area contributed by atoms with E-state index in [0.717, 1.165) is 0 Å². The summed E-state index contributed by atoms with van der Waals surface area (Å²) < 4.78 is 10.7. The third kappa shape index (κ3) is 4.47. The Kier molecular flexibility index (Phi) is 4.70. The summed E-state index contributed by atoms with van der Waals surface area (Å²) in [5.74, 6) is -0.288. The van der Waals surface area contributed by atoms with Crippen LogP contribution in [-0.4, -0.2) is 32.9 Å². The van der Waals surface area contributed by atoms with Crippen LogP contribution < -0.4 is 0 Å². The number of nitrogens with zero attached hydrogens (tertiary/aromatic N) is 1. The molecular formula is C11H21NO4Si. The molecule has 0 amide bonds. The summed E-state index contributed by atoms with van der Waals surface area (Å²) in [7, 11) is -1.66. The van der Waals surface area contributed by atoms with Gasteiger partial charge in [-0.05, 0) is 26.6 Å². The van der Waals surface area contributed by atoms with Crippen LogP contribution in [0.4, 0.5) is 0 Å². The Morgan fingerprint density at radius 2 is 2.18 bits per heavy atom. The zero-order valence-electron chi connectivity index (χ0n) is 11.1. The van der Waals surface area contributed by atoms with E-state index < -0.39 is 14.3 Å². The first-order valence-corrected chi connectivity index (χ1v) is 9.32. The van der Waals surface area contributed by atoms with Gasteiger partial charge in [-0.25, -0.2) is 4.79 Å². The lowest BCUT2D eigenvalue weighted by Gasteiger charge is -2.31. The van der Waals surface area contributed by atoms with Crippen LogP contribution in [0.5, 0.6) is 0 Å². The molecule has 0 aromatic heterocycles. The number of rotatable bonds is 4. The number of ether oxygens (including phenoxy) is 1. The van der Waals surface area contributed by atoms with Gasteiger partial charge in [0.2, 0.25) is 6.29 Å². The second-order valence-corrected chi connectivity index (χ2v) is 9.60. The molecule has 0 bridgehead atoms. The molecule has 5 nitrogen and oxygen atoms in total. The predicted octanol–water partition coefficient (Wildman–Crippen LogP) is 2.14. The van der Waals surface area contributed by atoms with Crippen LogP contribution in [0, 0.1) is 5.92 Å². The van der Waals surface area contributed by atoms with Crippen molar-refractivity contribution in [3.05, 3.63) is 0 Å². The lowest BCUT2D eigenvalue weighted by Crippen LogP contribution is -2.40. The quantitative estimate of drug-likeness (QED) is 0.573. The van der Waals surface area contributed by atoms with E-state index in [9.17, 15) is 4.79 Å². The van der Waals surface area contributed by atoms with Gasteiger partial charge in [-0.3, -0.25) is 0 Å². The molecule has 98 valence electrons. The molecule has 0 fully saturated rings. The fraction of sp³-hybridized carbons (Fsp3) is 0.818. The summed E-state index contributed by atoms with van der Waals surface area (Å²) in [5.41, 5.74) is 0.342. The minimum atomic E-state index is -1.66. The SMILES string of the molecule is CCOC(=O)C1=NO[C@H](O[Si](C)(C)C)[C@@H](C)C1. The monoisotopic (exact) mass is 259 g/mol. The summed E-state index contributed by atoms with van der Waals surface area (Å²) in [6.07, 6.45) is 0.188. The molecule has 1 rings (SSSR count). The number of carbonyl (C=O) groups excluding carboxylic acids is 1. The van der Waals surface area contributed by atoms with E-state index in [4.69, 9.17) is 14.0 Å². The van der Waals surface area contributed by atoms with E-state index in [2.05, 4.69) is 24.8 Å². The molecule has 1 aliphatic heterocycles. The maximum absolute atomic E-state index is 11.5. The molecule has 0 aromatic carbocycles. The van der Waals surface area contributed by atoms with Crippen molar-refractivity contribution in [2.45, 2.75) is 46.2 Å². The molecule has 1 aliphatic rings. The highest BCUT2D eigenvalue weighted by Gasteiger charge is 2.33. The van der Waals surface area contributed by atoms with E-state index in [-0.39, 0.29) is 12.2 Å². The lowest BCUT2D eigenvalue weighted by molar-refractivity contribution is -0.140. The van der Waals surface area contributed by atoms with E-state index in [1.807, 2.05) is 6.92 Å². The van der Waals surface area contributed by atoms with Crippen molar-refractivity contribution in [2.75, 3.05) is 6.61 Å². The van der Waals surface area contributed by atoms with E-state index in [1.54, 1.807) is 6.92 Å². The molecule has 0 spiro atoms. The Labute approximate surface area is 103 Å². The van der Waals surface area contributed by atoms with Crippen LogP contribution in [0.15, 0.2) is 5.16 Å². The first kappa shape index (κ1) is 14.2. The standard InChI is InChI=1S/C11H21NO4Si/c1-6-14-10(13)9-7-8(2)11(15-12-9)16-17(3,4)5/h8,11H,6-7H2,1-5H3/t8-,11+/m0/s1. The molecule has 0 unspecified atom stereocenters. The highest BCUT2D eigenvalue weighted by atomic mass is 28.4. The van der Waals surface area contributed by atoms with Crippen LogP contribution in [0.2, 0.25) is 19.6 Å². The Bertz CT molecular complexity index is 311. The maximum Gasteiger partial charge on any atom is 0.356 e. The van der Waals surface area contributed by atoms with Gasteiger partial charge in [0.25, 0.3) is 0 Å². The summed E-state index contributed by atoms with van der Waals surface area (Å²) in [6.45, 7) is 10.4. The predicted molar refractivity (Wildman–Crippen MR) is 67.2 cm³/mol. The fourth-order valence-electron chi connectivity index (χ4n) is 1.48. The van der Waals surface area contributed by atoms with Crippen molar-refractivity contribution in [1.82, 2.24) is 0 Å². The van der Waals surface area contributed by atoms with Crippen molar-refractivity contribution in [1.29, 1.82) is 0 Å². The van der Waals surface area contributed by atoms with Crippen molar-refractivity contribution < 1.29 is 18.8 Å². The Hall–Kier alpha value is -0.883. The minimum absolute atomic E-state index is 0.110. The van der Waals surface area contributed by atoms with Gasteiger partial charge in [-0.15, -0.1) is 0 Å². The number of carbonyl (C=O) groups is 1. The van der Waals surface area contributed by atoms with Gasteiger partial charge in [-0.2, -0.15) is 0 Å². The maximum atomic E-state index is 11.5. The summed E-state index contributed by atoms with van der Waals surface area (Å²) in [5, 5.41) is 3.80. The van der Waals surface area contributed by atoms with Crippen LogP contribution >= 0.6 is 0 Å². The minimum Gasteiger partial charge on any atom is -0.461 e. The zero-order chi connectivity index (χ0) is 13.1. The van der Waals surface area contributed by atoms with Crippen molar-refractivity contribution in [2.24, 2.45) is 11.1 Å². The van der Waals surface area contributed by atoms with E-state index in [1.165, 1.54) is 0 Å². The summed E-state index contributed by atoms with van der Waals surface area (Å²) in [6, 6.07) is 0. The molecule has 17 heavy (non-hydrogen) atoms. The van der Waals surface area contributed by atoms with E-state index >= 15 is 0 Å². The Balaban J connectivity index is 2.60. The van der Waals surface area contributed by atoms with Gasteiger partial charge in [-0.1, -0.05) is 12.1 Å². The van der Waals surface area contributed by atoms with Gasteiger partial charge in [0.1, 0.15) is 0 Å². The molecule has 0 aromatic rings. The largest absolute Gasteiger partial charge is 0.461 e. The molecular weight excluding hydrogens is 238 g/mol. The zero-order valence-corrected chi connectivity index (χ0v) is 12.1. The molecule has 0 N–H and O–H groups in total. The van der Waals surface area contributed by atoms with Crippen LogP contribution in [0.1, 0.15) is 20.3 Å². The van der Waals surface area contributed by atoms with Gasteiger partial charge in [0.15, 0.2) is 14.0 Å². The number of oxime groups is 1. The van der Waals surface area contributed by atoms with Gasteiger partial charge >= 0.3 is 5.97 Å². The topological polar surface area (TPSA) is 57.1 Å². The number of esters is 1. The first-order chi connectivity index (χ1) is 7.83. The second-order valence-electron chi connectivity index (χ2n) is 5.14. The Morgan fingerprint density at radius 1 is 1.53 bits per heavy atom. The smallest absolute Gasteiger partial charge is 0.356 e. The van der Waals surface area contributed by atoms with E-state index in [0.29, 0.717) is 18.7 Å². The van der Waals surface area contributed by atoms with Crippen LogP contribution in [-0.2, 0) is 18.8 Å². The van der Waals surface area contributed by atoms with Crippen LogP contribution in [0.25, 0.3) is 0 Å². The number of hydrogen-bond acceptors (Lipinski definition) is 5. The highest BCUT2D eigenvalue weighted by Crippen LogP contribution is 2.23. The molecule has 0 saturated heterocycles. The van der Waals surface area contributed by atoms with Gasteiger partial charge < -0.3 is 14.0 Å². The second kappa shape index (κ2) is 5.64. The van der Waals surface area contributed by atoms with Crippen molar-refractivity contribution in [3.63, 3.8) is 0 Å². The molecule has 0 saturated carbocycles. The number of hydrogen-bond donors (Lipinski definition) is 0. The summed E-state index contributed by atoms with van der Waals surface area (Å²) in [4.78, 5) is 16.7. The average Bonchev–Trinajstić information content (AvgIpc) is 2.19. The average molecular weight is 259 g/mol. The molecule has 0 aliphatic carbocycles. The normalized spacial score (nSPS) is 24.9. The molecule has 6 heteroatoms. The van der Waals surface area contributed by atoms with Crippen molar-refractivity contribution in [3.8, 4) is 0 Å². The molecule has 0 radical (unpaired) electrons. The third-order valence-corrected chi connectivity index (χ3v) is 3.17. The molecule has 2 atom stereocenters. The first-order valence-electron chi connectivity index (χ1n) is 5.91. The van der Waals surface area contributed by atoms with Crippen LogP contribution in [0.3, 0.4) is 0 Å². The van der Waals surface area contributed by atoms with Gasteiger partial charge in [0, 0.05) is 12.3 Å². The van der Waals surface area contributed by atoms with Gasteiger partial charge in [0.05, 0.1) is 6.61 Å². The lowest BCUT2D eigenvalue weighted by atomic mass is 10.0. The summed E-state index contributed by atoms with van der Waals surface area (Å²) >= 11 is 0. The van der Waals surface area contributed by atoms with Crippen molar-refractivity contribution >= 4 is 20.0 Å². The fourth-order valence-corrected chi connectivity index (χ4v) is 2.45. The Morgan fingerprint density at radius 3 is 2.65 bits per heavy atom. The highest BCUT2D eigenvalue weighted by molar-refractivity contribution is 6.69. The molecule has 1 heterocycles.